The Morgan fingerprint density at radius 1 is 1.35 bits per heavy atom. The van der Waals surface area contributed by atoms with Gasteiger partial charge in [-0.05, 0) is 33.0 Å². The van der Waals surface area contributed by atoms with Gasteiger partial charge in [0, 0.05) is 30.5 Å². The van der Waals surface area contributed by atoms with Gasteiger partial charge in [0.2, 0.25) is 5.91 Å². The van der Waals surface area contributed by atoms with E-state index in [4.69, 9.17) is 4.74 Å². The molecule has 2 fully saturated rings. The molecule has 1 aromatic rings. The van der Waals surface area contributed by atoms with Crippen molar-refractivity contribution >= 4 is 17.2 Å². The molecular weight excluding hydrogens is 274 g/mol. The molecule has 5 nitrogen and oxygen atoms in total. The molecule has 0 bridgehead atoms. The second-order valence-corrected chi connectivity index (χ2v) is 6.55. The fourth-order valence-electron chi connectivity index (χ4n) is 2.95. The highest BCUT2D eigenvalue weighted by molar-refractivity contribution is 7.11. The number of amides is 1. The Hall–Kier alpha value is -1.14. The van der Waals surface area contributed by atoms with Gasteiger partial charge in [0.1, 0.15) is 6.10 Å². The average Bonchev–Trinajstić information content (AvgIpc) is 3.11. The molecule has 20 heavy (non-hydrogen) atoms. The van der Waals surface area contributed by atoms with Gasteiger partial charge in [-0.1, -0.05) is 11.3 Å². The third-order valence-electron chi connectivity index (χ3n) is 4.20. The number of likely N-dealkylation sites (tertiary alicyclic amines) is 2. The molecule has 3 heterocycles. The maximum absolute atomic E-state index is 12.5. The first-order valence-electron chi connectivity index (χ1n) is 7.26. The van der Waals surface area contributed by atoms with Crippen LogP contribution in [-0.4, -0.2) is 60.0 Å². The van der Waals surface area contributed by atoms with Gasteiger partial charge in [-0.3, -0.25) is 4.79 Å². The first-order chi connectivity index (χ1) is 9.72. The van der Waals surface area contributed by atoms with Crippen LogP contribution in [0.5, 0.6) is 5.19 Å². The quantitative estimate of drug-likeness (QED) is 0.847. The summed E-state index contributed by atoms with van der Waals surface area (Å²) in [6, 6.07) is 0. The molecule has 0 aromatic carbocycles. The number of ether oxygens (including phenoxy) is 1. The maximum atomic E-state index is 12.5. The van der Waals surface area contributed by atoms with E-state index in [2.05, 4.69) is 16.9 Å². The lowest BCUT2D eigenvalue weighted by atomic mass is 9.96. The minimum Gasteiger partial charge on any atom is -0.465 e. The van der Waals surface area contributed by atoms with Gasteiger partial charge in [0.05, 0.1) is 6.54 Å². The minimum atomic E-state index is 0.108. The highest BCUT2D eigenvalue weighted by atomic mass is 32.1. The van der Waals surface area contributed by atoms with Gasteiger partial charge < -0.3 is 14.5 Å². The Kier molecular flexibility index (Phi) is 4.21. The highest BCUT2D eigenvalue weighted by Crippen LogP contribution is 2.24. The Morgan fingerprint density at radius 2 is 2.15 bits per heavy atom. The molecule has 1 unspecified atom stereocenters. The summed E-state index contributed by atoms with van der Waals surface area (Å²) in [6.45, 7) is 3.60. The zero-order valence-electron chi connectivity index (χ0n) is 11.8. The third kappa shape index (κ3) is 3.12. The van der Waals surface area contributed by atoms with Crippen molar-refractivity contribution in [2.75, 3.05) is 33.2 Å². The Morgan fingerprint density at radius 3 is 2.85 bits per heavy atom. The molecule has 0 radical (unpaired) electrons. The number of rotatable bonds is 3. The maximum Gasteiger partial charge on any atom is 0.273 e. The normalized spacial score (nSPS) is 25.1. The van der Waals surface area contributed by atoms with Crippen molar-refractivity contribution in [3.63, 3.8) is 0 Å². The predicted molar refractivity (Wildman–Crippen MR) is 77.9 cm³/mol. The Bertz CT molecular complexity index is 443. The Balaban J connectivity index is 1.50. The molecule has 6 heteroatoms. The number of thiazole rings is 1. The van der Waals surface area contributed by atoms with Crippen LogP contribution in [0.1, 0.15) is 19.3 Å². The fourth-order valence-corrected chi connectivity index (χ4v) is 3.50. The zero-order valence-corrected chi connectivity index (χ0v) is 12.6. The summed E-state index contributed by atoms with van der Waals surface area (Å²) in [4.78, 5) is 20.9. The lowest BCUT2D eigenvalue weighted by Crippen LogP contribution is -2.41. The lowest BCUT2D eigenvalue weighted by Gasteiger charge is -2.30. The van der Waals surface area contributed by atoms with E-state index in [-0.39, 0.29) is 12.0 Å². The van der Waals surface area contributed by atoms with Crippen molar-refractivity contribution in [3.05, 3.63) is 11.6 Å². The molecule has 2 aliphatic heterocycles. The van der Waals surface area contributed by atoms with Crippen molar-refractivity contribution in [2.45, 2.75) is 25.4 Å². The molecule has 1 atom stereocenters. The summed E-state index contributed by atoms with van der Waals surface area (Å²) < 4.78 is 5.81. The third-order valence-corrected chi connectivity index (χ3v) is 4.86. The number of hydrogen-bond donors (Lipinski definition) is 0. The molecule has 0 N–H and O–H groups in total. The minimum absolute atomic E-state index is 0.108. The van der Waals surface area contributed by atoms with Gasteiger partial charge in [-0.25, -0.2) is 4.98 Å². The number of carbonyl (C=O) groups is 1. The van der Waals surface area contributed by atoms with Crippen LogP contribution < -0.4 is 4.74 Å². The van der Waals surface area contributed by atoms with Crippen LogP contribution in [0.3, 0.4) is 0 Å². The summed E-state index contributed by atoms with van der Waals surface area (Å²) in [5.74, 6) is 0.535. The summed E-state index contributed by atoms with van der Waals surface area (Å²) in [6.07, 6.45) is 4.75. The van der Waals surface area contributed by atoms with Crippen LogP contribution in [-0.2, 0) is 4.79 Å². The summed E-state index contributed by atoms with van der Waals surface area (Å²) in [7, 11) is 2.12. The van der Waals surface area contributed by atoms with E-state index in [1.54, 1.807) is 6.20 Å². The van der Waals surface area contributed by atoms with E-state index in [0.29, 0.717) is 17.6 Å². The largest absolute Gasteiger partial charge is 0.465 e. The zero-order chi connectivity index (χ0) is 13.9. The smallest absolute Gasteiger partial charge is 0.273 e. The lowest BCUT2D eigenvalue weighted by molar-refractivity contribution is -0.136. The molecule has 2 aliphatic rings. The molecule has 1 aromatic heterocycles. The van der Waals surface area contributed by atoms with Crippen LogP contribution in [0, 0.1) is 5.92 Å². The van der Waals surface area contributed by atoms with Crippen LogP contribution in [0.25, 0.3) is 0 Å². The molecule has 0 aliphatic carbocycles. The predicted octanol–water partition coefficient (Wildman–Crippen LogP) is 1.46. The summed E-state index contributed by atoms with van der Waals surface area (Å²) in [5.41, 5.74) is 0. The van der Waals surface area contributed by atoms with Gasteiger partial charge in [0.15, 0.2) is 0 Å². The second kappa shape index (κ2) is 6.10. The Labute approximate surface area is 123 Å². The molecular formula is C14H21N3O2S. The number of nitrogens with zero attached hydrogens (tertiary/aromatic N) is 3. The molecule has 1 amide bonds. The monoisotopic (exact) mass is 295 g/mol. The van der Waals surface area contributed by atoms with Crippen molar-refractivity contribution in [3.8, 4) is 5.19 Å². The SMILES string of the molecule is CN1CCC(C(=O)N2CCC(Oc3nccs3)C2)CC1. The first kappa shape index (κ1) is 13.8. The molecule has 2 saturated heterocycles. The van der Waals surface area contributed by atoms with E-state index in [1.165, 1.54) is 11.3 Å². The van der Waals surface area contributed by atoms with E-state index >= 15 is 0 Å². The highest BCUT2D eigenvalue weighted by Gasteiger charge is 2.33. The van der Waals surface area contributed by atoms with Crippen LogP contribution >= 0.6 is 11.3 Å². The van der Waals surface area contributed by atoms with Gasteiger partial charge in [-0.2, -0.15) is 0 Å². The van der Waals surface area contributed by atoms with Crippen LogP contribution in [0.2, 0.25) is 0 Å². The number of piperidine rings is 1. The topological polar surface area (TPSA) is 45.7 Å². The van der Waals surface area contributed by atoms with Gasteiger partial charge in [-0.15, -0.1) is 0 Å². The average molecular weight is 295 g/mol. The molecule has 110 valence electrons. The number of carbonyl (C=O) groups excluding carboxylic acids is 1. The summed E-state index contributed by atoms with van der Waals surface area (Å²) >= 11 is 1.51. The fraction of sp³-hybridized carbons (Fsp3) is 0.714. The molecule has 0 saturated carbocycles. The van der Waals surface area contributed by atoms with E-state index in [1.807, 2.05) is 10.3 Å². The van der Waals surface area contributed by atoms with E-state index in [0.717, 1.165) is 38.9 Å². The second-order valence-electron chi connectivity index (χ2n) is 5.69. The molecule has 0 spiro atoms. The number of hydrogen-bond acceptors (Lipinski definition) is 5. The van der Waals surface area contributed by atoms with E-state index < -0.39 is 0 Å². The van der Waals surface area contributed by atoms with Gasteiger partial charge in [0.25, 0.3) is 5.19 Å². The van der Waals surface area contributed by atoms with Crippen molar-refractivity contribution in [1.82, 2.24) is 14.8 Å². The first-order valence-corrected chi connectivity index (χ1v) is 8.14. The van der Waals surface area contributed by atoms with Crippen LogP contribution in [0.4, 0.5) is 0 Å². The molecule has 3 rings (SSSR count). The standard InChI is InChI=1S/C14H21N3O2S/c1-16-6-2-11(3-7-16)13(18)17-8-4-12(10-17)19-14-15-5-9-20-14/h5,9,11-12H,2-4,6-8,10H2,1H3. The van der Waals surface area contributed by atoms with Crippen molar-refractivity contribution < 1.29 is 9.53 Å². The summed E-state index contributed by atoms with van der Waals surface area (Å²) in [5, 5.41) is 2.62. The van der Waals surface area contributed by atoms with Crippen molar-refractivity contribution in [2.24, 2.45) is 5.92 Å². The van der Waals surface area contributed by atoms with Crippen molar-refractivity contribution in [1.29, 1.82) is 0 Å². The van der Waals surface area contributed by atoms with E-state index in [9.17, 15) is 4.79 Å². The van der Waals surface area contributed by atoms with Crippen LogP contribution in [0.15, 0.2) is 11.6 Å². The van der Waals surface area contributed by atoms with Gasteiger partial charge >= 0.3 is 0 Å². The number of aromatic nitrogens is 1.